The highest BCUT2D eigenvalue weighted by atomic mass is 35.5. The lowest BCUT2D eigenvalue weighted by Crippen LogP contribution is -2.17. The van der Waals surface area contributed by atoms with Gasteiger partial charge < -0.3 is 9.30 Å². The number of carbonyl (C=O) groups excluding carboxylic acids is 1. The lowest BCUT2D eigenvalue weighted by molar-refractivity contribution is 0.0955. The van der Waals surface area contributed by atoms with Gasteiger partial charge in [0.2, 0.25) is 0 Å². The molecule has 132 valence electrons. The van der Waals surface area contributed by atoms with E-state index < -0.39 is 0 Å². The van der Waals surface area contributed by atoms with Crippen molar-refractivity contribution in [3.63, 3.8) is 0 Å². The fourth-order valence-electron chi connectivity index (χ4n) is 2.45. The number of benzene rings is 2. The van der Waals surface area contributed by atoms with Crippen LogP contribution in [0.25, 0.3) is 5.69 Å². The molecule has 0 aliphatic rings. The van der Waals surface area contributed by atoms with Crippen LogP contribution in [-0.4, -0.2) is 23.8 Å². The molecule has 0 saturated carbocycles. The van der Waals surface area contributed by atoms with E-state index in [2.05, 4.69) is 10.5 Å². The Labute approximate surface area is 156 Å². The molecule has 0 radical (unpaired) electrons. The van der Waals surface area contributed by atoms with Gasteiger partial charge in [-0.3, -0.25) is 4.79 Å². The molecule has 1 aromatic heterocycles. The lowest BCUT2D eigenvalue weighted by Gasteiger charge is -2.08. The second kappa shape index (κ2) is 7.89. The first-order chi connectivity index (χ1) is 12.6. The minimum Gasteiger partial charge on any atom is -0.497 e. The molecule has 0 aliphatic carbocycles. The molecule has 0 atom stereocenters. The zero-order chi connectivity index (χ0) is 18.5. The number of aromatic nitrogens is 1. The van der Waals surface area contributed by atoms with Crippen LogP contribution in [0.5, 0.6) is 5.75 Å². The van der Waals surface area contributed by atoms with Crippen LogP contribution in [-0.2, 0) is 0 Å². The van der Waals surface area contributed by atoms with Crippen molar-refractivity contribution in [2.75, 3.05) is 7.11 Å². The predicted molar refractivity (Wildman–Crippen MR) is 104 cm³/mol. The summed E-state index contributed by atoms with van der Waals surface area (Å²) in [6.07, 6.45) is 3.50. The second-order valence-electron chi connectivity index (χ2n) is 5.67. The van der Waals surface area contributed by atoms with Crippen molar-refractivity contribution in [2.45, 2.75) is 6.92 Å². The highest BCUT2D eigenvalue weighted by Crippen LogP contribution is 2.20. The van der Waals surface area contributed by atoms with E-state index in [4.69, 9.17) is 16.3 Å². The molecule has 0 bridgehead atoms. The molecule has 0 spiro atoms. The van der Waals surface area contributed by atoms with Crippen molar-refractivity contribution in [3.05, 3.63) is 82.6 Å². The number of hydrogen-bond donors (Lipinski definition) is 1. The molecule has 1 amide bonds. The predicted octanol–water partition coefficient (Wildman–Crippen LogP) is 4.21. The Bertz CT molecular complexity index is 963. The van der Waals surface area contributed by atoms with Crippen LogP contribution in [0.2, 0.25) is 5.02 Å². The van der Waals surface area contributed by atoms with Crippen LogP contribution >= 0.6 is 11.6 Å². The molecule has 0 saturated heterocycles. The van der Waals surface area contributed by atoms with E-state index in [9.17, 15) is 4.79 Å². The number of nitrogens with zero attached hydrogens (tertiary/aromatic N) is 2. The van der Waals surface area contributed by atoms with Crippen molar-refractivity contribution >= 4 is 23.7 Å². The van der Waals surface area contributed by atoms with E-state index in [1.54, 1.807) is 37.6 Å². The molecule has 0 fully saturated rings. The van der Waals surface area contributed by atoms with Crippen molar-refractivity contribution in [1.29, 1.82) is 0 Å². The number of methoxy groups -OCH3 is 1. The minimum atomic E-state index is -0.309. The molecule has 1 N–H and O–H groups in total. The Morgan fingerprint density at radius 2 is 2.04 bits per heavy atom. The number of halogens is 1. The van der Waals surface area contributed by atoms with Gasteiger partial charge in [0, 0.05) is 22.5 Å². The quantitative estimate of drug-likeness (QED) is 0.542. The summed E-state index contributed by atoms with van der Waals surface area (Å²) in [4.78, 5) is 12.2. The molecule has 0 unspecified atom stereocenters. The Kier molecular flexibility index (Phi) is 5.39. The van der Waals surface area contributed by atoms with E-state index >= 15 is 0 Å². The number of nitrogens with one attached hydrogen (secondary N) is 1. The number of hydrogen-bond acceptors (Lipinski definition) is 3. The summed E-state index contributed by atoms with van der Waals surface area (Å²) in [5.41, 5.74) is 5.75. The topological polar surface area (TPSA) is 55.6 Å². The summed E-state index contributed by atoms with van der Waals surface area (Å²) in [5.74, 6) is 0.309. The molecule has 3 rings (SSSR count). The van der Waals surface area contributed by atoms with Crippen LogP contribution in [0, 0.1) is 6.92 Å². The van der Waals surface area contributed by atoms with E-state index in [1.165, 1.54) is 0 Å². The van der Waals surface area contributed by atoms with Gasteiger partial charge >= 0.3 is 0 Å². The average Bonchev–Trinajstić information content (AvgIpc) is 3.12. The summed E-state index contributed by atoms with van der Waals surface area (Å²) in [6.45, 7) is 1.96. The molecule has 5 nitrogen and oxygen atoms in total. The molecular formula is C20H18ClN3O2. The summed E-state index contributed by atoms with van der Waals surface area (Å²) < 4.78 is 7.06. The highest BCUT2D eigenvalue weighted by molar-refractivity contribution is 6.31. The van der Waals surface area contributed by atoms with Crippen LogP contribution in [0.1, 0.15) is 21.6 Å². The molecule has 26 heavy (non-hydrogen) atoms. The number of carbonyl (C=O) groups is 1. The lowest BCUT2D eigenvalue weighted by atomic mass is 10.2. The summed E-state index contributed by atoms with van der Waals surface area (Å²) in [5, 5.41) is 4.75. The average molecular weight is 368 g/mol. The van der Waals surface area contributed by atoms with Gasteiger partial charge in [-0.15, -0.1) is 0 Å². The van der Waals surface area contributed by atoms with Crippen LogP contribution in [0.4, 0.5) is 0 Å². The van der Waals surface area contributed by atoms with Crippen molar-refractivity contribution in [1.82, 2.24) is 9.99 Å². The van der Waals surface area contributed by atoms with Crippen molar-refractivity contribution in [3.8, 4) is 11.4 Å². The normalized spacial score (nSPS) is 10.9. The molecule has 0 aliphatic heterocycles. The fraction of sp³-hybridized carbons (Fsp3) is 0.100. The van der Waals surface area contributed by atoms with Crippen molar-refractivity contribution in [2.24, 2.45) is 5.10 Å². The number of hydrazone groups is 1. The largest absolute Gasteiger partial charge is 0.497 e. The monoisotopic (exact) mass is 367 g/mol. The number of rotatable bonds is 5. The van der Waals surface area contributed by atoms with Gasteiger partial charge in [-0.1, -0.05) is 23.7 Å². The maximum Gasteiger partial charge on any atom is 0.271 e. The van der Waals surface area contributed by atoms with Gasteiger partial charge in [0.15, 0.2) is 0 Å². The molecule has 3 aromatic rings. The molecule has 2 aromatic carbocycles. The second-order valence-corrected chi connectivity index (χ2v) is 6.07. The first kappa shape index (κ1) is 17.8. The molecular weight excluding hydrogens is 350 g/mol. The SMILES string of the molecule is COc1cccc(C(=O)N/N=C\c2cccn2-c2ccc(C)c(Cl)c2)c1. The number of aryl methyl sites for hydroxylation is 1. The maximum absolute atomic E-state index is 12.2. The Morgan fingerprint density at radius 1 is 1.19 bits per heavy atom. The van der Waals surface area contributed by atoms with Gasteiger partial charge in [0.25, 0.3) is 5.91 Å². The van der Waals surface area contributed by atoms with E-state index in [-0.39, 0.29) is 5.91 Å². The smallest absolute Gasteiger partial charge is 0.271 e. The van der Waals surface area contributed by atoms with Crippen LogP contribution in [0.3, 0.4) is 0 Å². The standard InChI is InChI=1S/C20H18ClN3O2/c1-14-8-9-16(12-19(14)21)24-10-4-6-17(24)13-22-23-20(25)15-5-3-7-18(11-15)26-2/h3-13H,1-2H3,(H,23,25)/b22-13-. The van der Waals surface area contributed by atoms with E-state index in [0.29, 0.717) is 16.3 Å². The highest BCUT2D eigenvalue weighted by Gasteiger charge is 2.06. The van der Waals surface area contributed by atoms with Gasteiger partial charge in [-0.2, -0.15) is 5.10 Å². The first-order valence-corrected chi connectivity index (χ1v) is 8.37. The third-order valence-corrected chi connectivity index (χ3v) is 4.32. The zero-order valence-electron chi connectivity index (χ0n) is 14.4. The van der Waals surface area contributed by atoms with Crippen molar-refractivity contribution < 1.29 is 9.53 Å². The van der Waals surface area contributed by atoms with Gasteiger partial charge in [0.05, 0.1) is 19.0 Å². The Balaban J connectivity index is 1.74. The Hall–Kier alpha value is -3.05. The van der Waals surface area contributed by atoms with Crippen LogP contribution < -0.4 is 10.2 Å². The summed E-state index contributed by atoms with van der Waals surface area (Å²) in [6, 6.07) is 16.5. The maximum atomic E-state index is 12.2. The number of ether oxygens (including phenoxy) is 1. The molecule has 6 heteroatoms. The zero-order valence-corrected chi connectivity index (χ0v) is 15.2. The molecule has 1 heterocycles. The summed E-state index contributed by atoms with van der Waals surface area (Å²) in [7, 11) is 1.56. The van der Waals surface area contributed by atoms with E-state index in [0.717, 1.165) is 16.9 Å². The fourth-order valence-corrected chi connectivity index (χ4v) is 2.63. The van der Waals surface area contributed by atoms with Crippen LogP contribution in [0.15, 0.2) is 65.9 Å². The first-order valence-electron chi connectivity index (χ1n) is 8.00. The Morgan fingerprint density at radius 3 is 2.81 bits per heavy atom. The number of amides is 1. The van der Waals surface area contributed by atoms with E-state index in [1.807, 2.05) is 48.0 Å². The van der Waals surface area contributed by atoms with Gasteiger partial charge in [0.1, 0.15) is 5.75 Å². The third kappa shape index (κ3) is 3.95. The third-order valence-electron chi connectivity index (χ3n) is 3.91. The summed E-state index contributed by atoms with van der Waals surface area (Å²) >= 11 is 6.21. The van der Waals surface area contributed by atoms with Gasteiger partial charge in [-0.05, 0) is 55.0 Å². The minimum absolute atomic E-state index is 0.309. The van der Waals surface area contributed by atoms with Gasteiger partial charge in [-0.25, -0.2) is 5.43 Å².